The normalized spacial score (nSPS) is 20.4. The molecule has 3 N–H and O–H groups in total. The highest BCUT2D eigenvalue weighted by atomic mass is 35.5. The van der Waals surface area contributed by atoms with Crippen LogP contribution in [0.3, 0.4) is 0 Å². The first kappa shape index (κ1) is 17.7. The number of benzene rings is 2. The molecule has 3 aromatic rings. The molecule has 2 atom stereocenters. The van der Waals surface area contributed by atoms with Gasteiger partial charge in [-0.2, -0.15) is 0 Å². The van der Waals surface area contributed by atoms with Crippen LogP contribution in [0.1, 0.15) is 17.2 Å². The number of H-pyrrole nitrogens is 1. The molecule has 1 fully saturated rings. The molecule has 0 amide bonds. The monoisotopic (exact) mass is 354 g/mol. The lowest BCUT2D eigenvalue weighted by atomic mass is 9.95. The molecule has 2 aromatic carbocycles. The number of nitrogens with two attached hydrogens (primary N) is 1. The Morgan fingerprint density at radius 3 is 2.40 bits per heavy atom. The van der Waals surface area contributed by atoms with Crippen LogP contribution in [0.5, 0.6) is 0 Å². The Morgan fingerprint density at radius 2 is 1.68 bits per heavy atom. The highest BCUT2D eigenvalue weighted by Gasteiger charge is 2.31. The van der Waals surface area contributed by atoms with E-state index in [1.165, 1.54) is 5.56 Å². The van der Waals surface area contributed by atoms with Gasteiger partial charge in [-0.1, -0.05) is 60.7 Å². The van der Waals surface area contributed by atoms with E-state index in [4.69, 9.17) is 5.73 Å². The Bertz CT molecular complexity index is 788. The quantitative estimate of drug-likeness (QED) is 0.754. The van der Waals surface area contributed by atoms with E-state index in [2.05, 4.69) is 57.3 Å². The van der Waals surface area contributed by atoms with E-state index in [9.17, 15) is 0 Å². The molecule has 0 radical (unpaired) electrons. The number of hydrogen-bond donors (Lipinski definition) is 2. The molecule has 4 rings (SSSR count). The second-order valence-electron chi connectivity index (χ2n) is 6.50. The zero-order valence-corrected chi connectivity index (χ0v) is 14.8. The third-order valence-corrected chi connectivity index (χ3v) is 4.74. The summed E-state index contributed by atoms with van der Waals surface area (Å²) in [6.45, 7) is 2.76. The van der Waals surface area contributed by atoms with Gasteiger partial charge in [-0.15, -0.1) is 12.4 Å². The van der Waals surface area contributed by atoms with E-state index in [-0.39, 0.29) is 18.4 Å². The number of hydrogen-bond acceptors (Lipinski definition) is 3. The number of likely N-dealkylation sites (tertiary alicyclic amines) is 1. The molecule has 2 heterocycles. The van der Waals surface area contributed by atoms with Gasteiger partial charge < -0.3 is 10.7 Å². The van der Waals surface area contributed by atoms with E-state index in [0.717, 1.165) is 36.7 Å². The smallest absolute Gasteiger partial charge is 0.137 e. The topological polar surface area (TPSA) is 57.9 Å². The molecule has 0 aliphatic carbocycles. The van der Waals surface area contributed by atoms with Gasteiger partial charge in [0.25, 0.3) is 0 Å². The minimum atomic E-state index is 0. The average molecular weight is 355 g/mol. The van der Waals surface area contributed by atoms with Crippen LogP contribution in [0.15, 0.2) is 66.9 Å². The number of imidazole rings is 1. The van der Waals surface area contributed by atoms with E-state index in [1.807, 2.05) is 24.4 Å². The fourth-order valence-electron chi connectivity index (χ4n) is 3.52. The van der Waals surface area contributed by atoms with Crippen LogP contribution in [0.2, 0.25) is 0 Å². The zero-order valence-electron chi connectivity index (χ0n) is 14.0. The number of halogens is 1. The maximum Gasteiger partial charge on any atom is 0.137 e. The molecule has 25 heavy (non-hydrogen) atoms. The summed E-state index contributed by atoms with van der Waals surface area (Å²) in [4.78, 5) is 10.4. The molecule has 130 valence electrons. The van der Waals surface area contributed by atoms with Crippen LogP contribution in [0.25, 0.3) is 11.4 Å². The molecule has 1 aromatic heterocycles. The van der Waals surface area contributed by atoms with Crippen molar-refractivity contribution in [3.05, 3.63) is 78.1 Å². The molecule has 1 aliphatic rings. The molecular formula is C20H23ClN4. The minimum Gasteiger partial charge on any atom is -0.341 e. The van der Waals surface area contributed by atoms with Crippen LogP contribution in [0, 0.1) is 0 Å². The van der Waals surface area contributed by atoms with Crippen molar-refractivity contribution < 1.29 is 0 Å². The van der Waals surface area contributed by atoms with Crippen LogP contribution in [0.4, 0.5) is 0 Å². The SMILES string of the molecule is Cl.N[C@@H]1CN(Cc2cnc(-c3ccccc3)[nH]2)C[C@H]1c1ccccc1. The Kier molecular flexibility index (Phi) is 5.53. The van der Waals surface area contributed by atoms with Crippen molar-refractivity contribution in [2.24, 2.45) is 5.73 Å². The van der Waals surface area contributed by atoms with Crippen LogP contribution in [-0.4, -0.2) is 34.0 Å². The molecular weight excluding hydrogens is 332 g/mol. The third kappa shape index (κ3) is 3.93. The summed E-state index contributed by atoms with van der Waals surface area (Å²) in [5.74, 6) is 1.33. The summed E-state index contributed by atoms with van der Waals surface area (Å²) in [6, 6.07) is 21.0. The number of aromatic nitrogens is 2. The Hall–Kier alpha value is -2.14. The van der Waals surface area contributed by atoms with Gasteiger partial charge in [-0.3, -0.25) is 4.90 Å². The maximum atomic E-state index is 6.38. The highest BCUT2D eigenvalue weighted by Crippen LogP contribution is 2.27. The summed E-state index contributed by atoms with van der Waals surface area (Å²) in [7, 11) is 0. The maximum absolute atomic E-state index is 6.38. The van der Waals surface area contributed by atoms with E-state index >= 15 is 0 Å². The molecule has 0 unspecified atom stereocenters. The van der Waals surface area contributed by atoms with Gasteiger partial charge in [0.15, 0.2) is 0 Å². The van der Waals surface area contributed by atoms with E-state index in [0.29, 0.717) is 5.92 Å². The summed E-state index contributed by atoms with van der Waals surface area (Å²) in [6.07, 6.45) is 1.93. The number of rotatable bonds is 4. The van der Waals surface area contributed by atoms with Gasteiger partial charge in [0.1, 0.15) is 5.82 Å². The number of nitrogens with one attached hydrogen (secondary N) is 1. The van der Waals surface area contributed by atoms with E-state index in [1.54, 1.807) is 0 Å². The Labute approximate surface area is 154 Å². The highest BCUT2D eigenvalue weighted by molar-refractivity contribution is 5.85. The van der Waals surface area contributed by atoms with Gasteiger partial charge in [0.05, 0.1) is 0 Å². The summed E-state index contributed by atoms with van der Waals surface area (Å²) in [5, 5.41) is 0. The first-order chi connectivity index (χ1) is 11.8. The fraction of sp³-hybridized carbons (Fsp3) is 0.250. The summed E-state index contributed by atoms with van der Waals surface area (Å²) >= 11 is 0. The summed E-state index contributed by atoms with van der Waals surface area (Å²) in [5.41, 5.74) is 9.97. The predicted octanol–water partition coefficient (Wildman–Crippen LogP) is 3.43. The van der Waals surface area contributed by atoms with Crippen molar-refractivity contribution in [3.8, 4) is 11.4 Å². The van der Waals surface area contributed by atoms with Gasteiger partial charge in [-0.05, 0) is 5.56 Å². The number of nitrogens with zero attached hydrogens (tertiary/aromatic N) is 2. The fourth-order valence-corrected chi connectivity index (χ4v) is 3.52. The van der Waals surface area contributed by atoms with Crippen molar-refractivity contribution in [1.29, 1.82) is 0 Å². The second-order valence-corrected chi connectivity index (χ2v) is 6.50. The van der Waals surface area contributed by atoms with Gasteiger partial charge in [0.2, 0.25) is 0 Å². The number of aromatic amines is 1. The molecule has 1 aliphatic heterocycles. The van der Waals surface area contributed by atoms with Crippen molar-refractivity contribution in [2.75, 3.05) is 13.1 Å². The Balaban J connectivity index is 0.00000182. The molecule has 0 saturated carbocycles. The van der Waals surface area contributed by atoms with Gasteiger partial charge >= 0.3 is 0 Å². The van der Waals surface area contributed by atoms with Gasteiger partial charge in [-0.25, -0.2) is 4.98 Å². The third-order valence-electron chi connectivity index (χ3n) is 4.74. The van der Waals surface area contributed by atoms with Crippen molar-refractivity contribution in [3.63, 3.8) is 0 Å². The second kappa shape index (κ2) is 7.83. The van der Waals surface area contributed by atoms with Crippen molar-refractivity contribution in [1.82, 2.24) is 14.9 Å². The standard InChI is InChI=1S/C20H22N4.ClH/c21-19-14-24(13-18(19)15-7-3-1-4-8-15)12-17-11-22-20(23-17)16-9-5-2-6-10-16;/h1-11,18-19H,12-14,21H2,(H,22,23);1H/t18-,19+;/m0./s1. The lowest BCUT2D eigenvalue weighted by Gasteiger charge is -2.15. The first-order valence-corrected chi connectivity index (χ1v) is 8.42. The van der Waals surface area contributed by atoms with E-state index < -0.39 is 0 Å². The zero-order chi connectivity index (χ0) is 16.4. The Morgan fingerprint density at radius 1 is 1.00 bits per heavy atom. The largest absolute Gasteiger partial charge is 0.341 e. The van der Waals surface area contributed by atoms with Crippen molar-refractivity contribution >= 4 is 12.4 Å². The van der Waals surface area contributed by atoms with Gasteiger partial charge in [0, 0.05) is 49.0 Å². The molecule has 0 spiro atoms. The predicted molar refractivity (Wildman–Crippen MR) is 104 cm³/mol. The average Bonchev–Trinajstić information content (AvgIpc) is 3.23. The lowest BCUT2D eigenvalue weighted by molar-refractivity contribution is 0.320. The van der Waals surface area contributed by atoms with Crippen LogP contribution < -0.4 is 5.73 Å². The molecule has 4 nitrogen and oxygen atoms in total. The first-order valence-electron chi connectivity index (χ1n) is 8.42. The van der Waals surface area contributed by atoms with Crippen molar-refractivity contribution in [2.45, 2.75) is 18.5 Å². The minimum absolute atomic E-state index is 0. The lowest BCUT2D eigenvalue weighted by Crippen LogP contribution is -2.28. The van der Waals surface area contributed by atoms with Crippen LogP contribution in [-0.2, 0) is 6.54 Å². The van der Waals surface area contributed by atoms with Crippen LogP contribution >= 0.6 is 12.4 Å². The molecule has 5 heteroatoms. The summed E-state index contributed by atoms with van der Waals surface area (Å²) < 4.78 is 0. The molecule has 1 saturated heterocycles. The molecule has 0 bridgehead atoms.